The zero-order valence-electron chi connectivity index (χ0n) is 12.4. The van der Waals surface area contributed by atoms with E-state index in [9.17, 15) is 22.8 Å². The quantitative estimate of drug-likeness (QED) is 0.912. The summed E-state index contributed by atoms with van der Waals surface area (Å²) in [5, 5.41) is 2.68. The Hall–Kier alpha value is -1.99. The van der Waals surface area contributed by atoms with Gasteiger partial charge in [0, 0.05) is 31.4 Å². The van der Waals surface area contributed by atoms with E-state index in [4.69, 9.17) is 0 Å². The van der Waals surface area contributed by atoms with Crippen molar-refractivity contribution in [2.75, 3.05) is 13.1 Å². The number of nitrogens with zero attached hydrogens (tertiary/aromatic N) is 2. The molecule has 0 aliphatic carbocycles. The molecule has 8 heteroatoms. The zero-order valence-corrected chi connectivity index (χ0v) is 12.4. The maximum atomic E-state index is 12.3. The Labute approximate surface area is 126 Å². The first-order valence-corrected chi connectivity index (χ1v) is 6.91. The lowest BCUT2D eigenvalue weighted by molar-refractivity contribution is -0.157. The van der Waals surface area contributed by atoms with Gasteiger partial charge in [0.25, 0.3) is 0 Å². The molecule has 122 valence electrons. The van der Waals surface area contributed by atoms with Gasteiger partial charge >= 0.3 is 6.18 Å². The van der Waals surface area contributed by atoms with E-state index in [1.807, 2.05) is 30.7 Å². The highest BCUT2D eigenvalue weighted by molar-refractivity contribution is 5.89. The molecule has 2 heterocycles. The van der Waals surface area contributed by atoms with Crippen molar-refractivity contribution in [1.29, 1.82) is 0 Å². The Bertz CT molecular complexity index is 580. The molecule has 1 aromatic rings. The molecule has 1 fully saturated rings. The number of rotatable bonds is 4. The summed E-state index contributed by atoms with van der Waals surface area (Å²) < 4.78 is 38.9. The molecule has 22 heavy (non-hydrogen) atoms. The van der Waals surface area contributed by atoms with Crippen LogP contribution in [-0.2, 0) is 23.2 Å². The third kappa shape index (κ3) is 3.80. The van der Waals surface area contributed by atoms with E-state index in [1.54, 1.807) is 0 Å². The Morgan fingerprint density at radius 1 is 1.41 bits per heavy atom. The summed E-state index contributed by atoms with van der Waals surface area (Å²) in [6, 6.07) is 3.77. The minimum Gasteiger partial charge on any atom is -0.350 e. The van der Waals surface area contributed by atoms with Gasteiger partial charge in [-0.25, -0.2) is 0 Å². The van der Waals surface area contributed by atoms with Gasteiger partial charge in [-0.15, -0.1) is 0 Å². The Balaban J connectivity index is 1.89. The molecule has 1 N–H and O–H groups in total. The number of aromatic nitrogens is 1. The molecule has 0 unspecified atom stereocenters. The average molecular weight is 317 g/mol. The van der Waals surface area contributed by atoms with Crippen LogP contribution in [0.15, 0.2) is 12.1 Å². The molecule has 1 saturated heterocycles. The molecule has 0 saturated carbocycles. The SMILES string of the molecule is Cc1ccc(CNC(=O)[C@@H]2CC(=O)N(CC(F)(F)F)C2)n1C. The molecule has 1 aliphatic heterocycles. The summed E-state index contributed by atoms with van der Waals surface area (Å²) in [6.07, 6.45) is -4.62. The van der Waals surface area contributed by atoms with Crippen LogP contribution in [0.4, 0.5) is 13.2 Å². The van der Waals surface area contributed by atoms with Crippen molar-refractivity contribution in [3.05, 3.63) is 23.5 Å². The molecule has 1 atom stereocenters. The molecule has 0 radical (unpaired) electrons. The van der Waals surface area contributed by atoms with Crippen LogP contribution in [0, 0.1) is 12.8 Å². The molecule has 5 nitrogen and oxygen atoms in total. The number of nitrogens with one attached hydrogen (secondary N) is 1. The topological polar surface area (TPSA) is 54.3 Å². The standard InChI is InChI=1S/C14H18F3N3O2/c1-9-3-4-11(19(9)2)6-18-13(22)10-5-12(21)20(7-10)8-14(15,16)17/h3-4,10H,5-8H2,1-2H3,(H,18,22)/t10-/m1/s1. The van der Waals surface area contributed by atoms with E-state index in [-0.39, 0.29) is 19.5 Å². The van der Waals surface area contributed by atoms with E-state index in [2.05, 4.69) is 5.32 Å². The third-order valence-electron chi connectivity index (χ3n) is 3.88. The van der Waals surface area contributed by atoms with Crippen molar-refractivity contribution in [3.63, 3.8) is 0 Å². The number of alkyl halides is 3. The Morgan fingerprint density at radius 2 is 2.09 bits per heavy atom. The van der Waals surface area contributed by atoms with Crippen LogP contribution in [0.3, 0.4) is 0 Å². The molecule has 0 bridgehead atoms. The van der Waals surface area contributed by atoms with Crippen molar-refractivity contribution < 1.29 is 22.8 Å². The Kier molecular flexibility index (Phi) is 4.48. The fourth-order valence-corrected chi connectivity index (χ4v) is 2.48. The van der Waals surface area contributed by atoms with Gasteiger partial charge in [-0.05, 0) is 19.1 Å². The van der Waals surface area contributed by atoms with Crippen LogP contribution in [0.1, 0.15) is 17.8 Å². The largest absolute Gasteiger partial charge is 0.406 e. The normalized spacial score (nSPS) is 18.9. The molecular weight excluding hydrogens is 299 g/mol. The van der Waals surface area contributed by atoms with Crippen LogP contribution in [-0.4, -0.2) is 40.5 Å². The first kappa shape index (κ1) is 16.4. The van der Waals surface area contributed by atoms with Crippen molar-refractivity contribution >= 4 is 11.8 Å². The zero-order chi connectivity index (χ0) is 16.5. The summed E-state index contributed by atoms with van der Waals surface area (Å²) in [7, 11) is 1.86. The predicted molar refractivity (Wildman–Crippen MR) is 72.7 cm³/mol. The number of halogens is 3. The first-order chi connectivity index (χ1) is 10.2. The number of amides is 2. The van der Waals surface area contributed by atoms with E-state index >= 15 is 0 Å². The van der Waals surface area contributed by atoms with Crippen molar-refractivity contribution in [2.24, 2.45) is 13.0 Å². The number of hydrogen-bond acceptors (Lipinski definition) is 2. The first-order valence-electron chi connectivity index (χ1n) is 6.91. The third-order valence-corrected chi connectivity index (χ3v) is 3.88. The molecule has 0 spiro atoms. The van der Waals surface area contributed by atoms with Gasteiger partial charge in [0.05, 0.1) is 12.5 Å². The van der Waals surface area contributed by atoms with Crippen LogP contribution in [0.2, 0.25) is 0 Å². The maximum absolute atomic E-state index is 12.3. The summed E-state index contributed by atoms with van der Waals surface area (Å²) in [5.41, 5.74) is 1.93. The molecule has 0 aromatic carbocycles. The summed E-state index contributed by atoms with van der Waals surface area (Å²) >= 11 is 0. The van der Waals surface area contributed by atoms with Gasteiger partial charge in [-0.3, -0.25) is 9.59 Å². The number of hydrogen-bond donors (Lipinski definition) is 1. The van der Waals surface area contributed by atoms with Gasteiger partial charge in [-0.2, -0.15) is 13.2 Å². The number of likely N-dealkylation sites (tertiary alicyclic amines) is 1. The average Bonchev–Trinajstić information content (AvgIpc) is 2.91. The fourth-order valence-electron chi connectivity index (χ4n) is 2.48. The highest BCUT2D eigenvalue weighted by Crippen LogP contribution is 2.24. The minimum atomic E-state index is -4.44. The van der Waals surface area contributed by atoms with Crippen LogP contribution in [0.5, 0.6) is 0 Å². The van der Waals surface area contributed by atoms with Crippen LogP contribution >= 0.6 is 0 Å². The van der Waals surface area contributed by atoms with E-state index in [0.717, 1.165) is 11.4 Å². The van der Waals surface area contributed by atoms with Gasteiger partial charge in [0.1, 0.15) is 6.54 Å². The van der Waals surface area contributed by atoms with E-state index in [0.29, 0.717) is 4.90 Å². The van der Waals surface area contributed by atoms with Gasteiger partial charge in [-0.1, -0.05) is 0 Å². The van der Waals surface area contributed by atoms with Gasteiger partial charge < -0.3 is 14.8 Å². The summed E-state index contributed by atoms with van der Waals surface area (Å²) in [4.78, 5) is 24.2. The monoisotopic (exact) mass is 317 g/mol. The fraction of sp³-hybridized carbons (Fsp3) is 0.571. The molecular formula is C14H18F3N3O2. The van der Waals surface area contributed by atoms with Crippen LogP contribution < -0.4 is 5.32 Å². The number of carbonyl (C=O) groups excluding carboxylic acids is 2. The summed E-state index contributed by atoms with van der Waals surface area (Å²) in [5.74, 6) is -1.75. The van der Waals surface area contributed by atoms with Crippen molar-refractivity contribution in [2.45, 2.75) is 26.1 Å². The highest BCUT2D eigenvalue weighted by Gasteiger charge is 2.40. The van der Waals surface area contributed by atoms with E-state index < -0.39 is 30.5 Å². The molecule has 2 amide bonds. The van der Waals surface area contributed by atoms with Gasteiger partial charge in [0.2, 0.25) is 11.8 Å². The Morgan fingerprint density at radius 3 is 2.64 bits per heavy atom. The van der Waals surface area contributed by atoms with Crippen LogP contribution in [0.25, 0.3) is 0 Å². The smallest absolute Gasteiger partial charge is 0.350 e. The maximum Gasteiger partial charge on any atom is 0.406 e. The lowest BCUT2D eigenvalue weighted by atomic mass is 10.1. The molecule has 2 rings (SSSR count). The van der Waals surface area contributed by atoms with Crippen molar-refractivity contribution in [1.82, 2.24) is 14.8 Å². The lowest BCUT2D eigenvalue weighted by Crippen LogP contribution is -2.37. The second-order valence-electron chi connectivity index (χ2n) is 5.53. The second-order valence-corrected chi connectivity index (χ2v) is 5.53. The number of carbonyl (C=O) groups is 2. The van der Waals surface area contributed by atoms with Gasteiger partial charge in [0.15, 0.2) is 0 Å². The van der Waals surface area contributed by atoms with Crippen molar-refractivity contribution in [3.8, 4) is 0 Å². The van der Waals surface area contributed by atoms with E-state index in [1.165, 1.54) is 0 Å². The minimum absolute atomic E-state index is 0.173. The second kappa shape index (κ2) is 6.02. The molecule has 1 aliphatic rings. The summed E-state index contributed by atoms with van der Waals surface area (Å²) in [6.45, 7) is 0.728. The predicted octanol–water partition coefficient (Wildman–Crippen LogP) is 1.36. The number of aryl methyl sites for hydroxylation is 1. The molecule has 1 aromatic heterocycles. The lowest BCUT2D eigenvalue weighted by Gasteiger charge is -2.18. The highest BCUT2D eigenvalue weighted by atomic mass is 19.4.